The van der Waals surface area contributed by atoms with Gasteiger partial charge >= 0.3 is 0 Å². The van der Waals surface area contributed by atoms with Crippen molar-refractivity contribution in [3.05, 3.63) is 35.6 Å². The summed E-state index contributed by atoms with van der Waals surface area (Å²) in [4.78, 5) is 4.36. The molecule has 1 aromatic carbocycles. The van der Waals surface area contributed by atoms with Gasteiger partial charge in [-0.05, 0) is 37.5 Å². The van der Waals surface area contributed by atoms with Gasteiger partial charge in [-0.1, -0.05) is 12.1 Å². The van der Waals surface area contributed by atoms with Gasteiger partial charge in [-0.2, -0.15) is 0 Å². The van der Waals surface area contributed by atoms with E-state index in [0.717, 1.165) is 18.4 Å². The van der Waals surface area contributed by atoms with E-state index in [9.17, 15) is 13.2 Å². The second-order valence-corrected chi connectivity index (χ2v) is 5.26. The van der Waals surface area contributed by atoms with E-state index in [2.05, 4.69) is 15.6 Å². The molecule has 0 unspecified atom stereocenters. The summed E-state index contributed by atoms with van der Waals surface area (Å²) in [7, 11) is 0. The van der Waals surface area contributed by atoms with E-state index < -0.39 is 13.0 Å². The van der Waals surface area contributed by atoms with Crippen molar-refractivity contribution in [1.29, 1.82) is 0 Å². The molecule has 1 aliphatic carbocycles. The number of nitrogens with zero attached hydrogens (tertiary/aromatic N) is 1. The summed E-state index contributed by atoms with van der Waals surface area (Å²) in [5.41, 5.74) is 0.783. The summed E-state index contributed by atoms with van der Waals surface area (Å²) in [5, 5.41) is 5.53. The molecule has 0 saturated heterocycles. The minimum absolute atomic E-state index is 0. The topological polar surface area (TPSA) is 36.4 Å². The third kappa shape index (κ3) is 5.33. The summed E-state index contributed by atoms with van der Waals surface area (Å²) in [6.07, 6.45) is -0.547. The van der Waals surface area contributed by atoms with Gasteiger partial charge in [-0.25, -0.2) is 13.2 Å². The Bertz CT molecular complexity index is 505. The highest BCUT2D eigenvalue weighted by Gasteiger charge is 2.44. The van der Waals surface area contributed by atoms with Gasteiger partial charge in [0, 0.05) is 12.0 Å². The average molecular weight is 427 g/mol. The standard InChI is InChI=1S/C15H20F3N3.HI/c1-2-19-14(20-9-13(17)18)21-10-15(6-7-15)11-4-3-5-12(16)8-11;/h3-5,8,13H,2,6-7,9-10H2,1H3,(H2,19,20,21);1H. The van der Waals surface area contributed by atoms with Crippen molar-refractivity contribution in [2.45, 2.75) is 31.6 Å². The van der Waals surface area contributed by atoms with E-state index in [1.165, 1.54) is 12.1 Å². The van der Waals surface area contributed by atoms with Gasteiger partial charge in [0.2, 0.25) is 0 Å². The summed E-state index contributed by atoms with van der Waals surface area (Å²) < 4.78 is 37.8. The number of hydrogen-bond donors (Lipinski definition) is 2. The minimum atomic E-state index is -2.42. The molecule has 0 atom stereocenters. The highest BCUT2D eigenvalue weighted by molar-refractivity contribution is 14.0. The molecule has 0 radical (unpaired) electrons. The van der Waals surface area contributed by atoms with Gasteiger partial charge in [-0.15, -0.1) is 24.0 Å². The second-order valence-electron chi connectivity index (χ2n) is 5.26. The molecule has 0 heterocycles. The summed E-state index contributed by atoms with van der Waals surface area (Å²) >= 11 is 0. The lowest BCUT2D eigenvalue weighted by Gasteiger charge is -2.16. The highest BCUT2D eigenvalue weighted by Crippen LogP contribution is 2.48. The number of aliphatic imine (C=N–C) groups is 1. The van der Waals surface area contributed by atoms with Crippen molar-refractivity contribution in [3.63, 3.8) is 0 Å². The van der Waals surface area contributed by atoms with E-state index in [1.807, 2.05) is 13.0 Å². The van der Waals surface area contributed by atoms with E-state index >= 15 is 0 Å². The molecule has 1 fully saturated rings. The Kier molecular flexibility index (Phi) is 7.44. The van der Waals surface area contributed by atoms with Crippen molar-refractivity contribution >= 4 is 29.9 Å². The fraction of sp³-hybridized carbons (Fsp3) is 0.533. The van der Waals surface area contributed by atoms with Crippen molar-refractivity contribution in [1.82, 2.24) is 10.6 Å². The van der Waals surface area contributed by atoms with Crippen molar-refractivity contribution in [2.24, 2.45) is 4.99 Å². The maximum atomic E-state index is 13.3. The van der Waals surface area contributed by atoms with E-state index in [-0.39, 0.29) is 35.2 Å². The van der Waals surface area contributed by atoms with Crippen LogP contribution in [0.3, 0.4) is 0 Å². The third-order valence-corrected chi connectivity index (χ3v) is 3.60. The van der Waals surface area contributed by atoms with Crippen LogP contribution in [0.2, 0.25) is 0 Å². The first-order chi connectivity index (χ1) is 10.1. The molecule has 2 rings (SSSR count). The fourth-order valence-electron chi connectivity index (χ4n) is 2.25. The molecule has 1 aromatic rings. The van der Waals surface area contributed by atoms with Crippen LogP contribution in [0.15, 0.2) is 29.3 Å². The molecule has 3 nitrogen and oxygen atoms in total. The molecule has 1 aliphatic rings. The molecule has 0 spiro atoms. The maximum absolute atomic E-state index is 13.3. The first-order valence-electron chi connectivity index (χ1n) is 7.12. The zero-order valence-corrected chi connectivity index (χ0v) is 14.7. The Morgan fingerprint density at radius 2 is 2.05 bits per heavy atom. The number of rotatable bonds is 6. The van der Waals surface area contributed by atoms with Crippen LogP contribution in [0.25, 0.3) is 0 Å². The molecular weight excluding hydrogens is 406 g/mol. The smallest absolute Gasteiger partial charge is 0.255 e. The lowest BCUT2D eigenvalue weighted by atomic mass is 9.96. The van der Waals surface area contributed by atoms with Crippen molar-refractivity contribution in [3.8, 4) is 0 Å². The average Bonchev–Trinajstić information content (AvgIpc) is 3.23. The highest BCUT2D eigenvalue weighted by atomic mass is 127. The fourth-order valence-corrected chi connectivity index (χ4v) is 2.25. The monoisotopic (exact) mass is 427 g/mol. The van der Waals surface area contributed by atoms with Crippen LogP contribution >= 0.6 is 24.0 Å². The van der Waals surface area contributed by atoms with Crippen LogP contribution < -0.4 is 10.6 Å². The predicted octanol–water partition coefficient (Wildman–Crippen LogP) is 3.30. The summed E-state index contributed by atoms with van der Waals surface area (Å²) in [6.45, 7) is 2.51. The Labute approximate surface area is 145 Å². The number of hydrogen-bond acceptors (Lipinski definition) is 1. The summed E-state index contributed by atoms with van der Waals surface area (Å²) in [6, 6.07) is 6.53. The van der Waals surface area contributed by atoms with Crippen LogP contribution in [0.1, 0.15) is 25.3 Å². The van der Waals surface area contributed by atoms with Crippen LogP contribution in [0.4, 0.5) is 13.2 Å². The molecule has 7 heteroatoms. The third-order valence-electron chi connectivity index (χ3n) is 3.60. The Morgan fingerprint density at radius 1 is 1.32 bits per heavy atom. The van der Waals surface area contributed by atoms with Crippen LogP contribution in [-0.2, 0) is 5.41 Å². The lowest BCUT2D eigenvalue weighted by molar-refractivity contribution is 0.152. The number of alkyl halides is 2. The lowest BCUT2D eigenvalue weighted by Crippen LogP contribution is -2.40. The zero-order chi connectivity index (χ0) is 15.3. The summed E-state index contributed by atoms with van der Waals surface area (Å²) in [5.74, 6) is 0.117. The SMILES string of the molecule is CCNC(=NCC1(c2cccc(F)c2)CC1)NCC(F)F.I. The Morgan fingerprint density at radius 3 is 2.59 bits per heavy atom. The molecule has 2 N–H and O–H groups in total. The van der Waals surface area contributed by atoms with Gasteiger partial charge in [-0.3, -0.25) is 4.99 Å². The van der Waals surface area contributed by atoms with E-state index in [1.54, 1.807) is 6.07 Å². The van der Waals surface area contributed by atoms with Gasteiger partial charge in [0.15, 0.2) is 5.96 Å². The zero-order valence-electron chi connectivity index (χ0n) is 12.4. The first-order valence-corrected chi connectivity index (χ1v) is 7.12. The Balaban J connectivity index is 0.00000242. The van der Waals surface area contributed by atoms with Gasteiger partial charge < -0.3 is 10.6 Å². The van der Waals surface area contributed by atoms with Crippen LogP contribution in [0.5, 0.6) is 0 Å². The quantitative estimate of drug-likeness (QED) is 0.416. The molecule has 0 aliphatic heterocycles. The van der Waals surface area contributed by atoms with Crippen LogP contribution in [0, 0.1) is 5.82 Å². The molecule has 22 heavy (non-hydrogen) atoms. The Hall–Kier alpha value is -0.990. The normalized spacial score (nSPS) is 16.1. The van der Waals surface area contributed by atoms with Gasteiger partial charge in [0.05, 0.1) is 13.1 Å². The number of guanidine groups is 1. The number of halogens is 4. The molecule has 0 aromatic heterocycles. The molecular formula is C15H21F3IN3. The van der Waals surface area contributed by atoms with Crippen LogP contribution in [-0.4, -0.2) is 32.0 Å². The van der Waals surface area contributed by atoms with Gasteiger partial charge in [0.1, 0.15) is 5.82 Å². The van der Waals surface area contributed by atoms with E-state index in [0.29, 0.717) is 19.0 Å². The molecule has 124 valence electrons. The first kappa shape index (κ1) is 19.1. The minimum Gasteiger partial charge on any atom is -0.357 e. The van der Waals surface area contributed by atoms with Gasteiger partial charge in [0.25, 0.3) is 6.43 Å². The maximum Gasteiger partial charge on any atom is 0.255 e. The van der Waals surface area contributed by atoms with Crippen molar-refractivity contribution < 1.29 is 13.2 Å². The molecule has 0 amide bonds. The molecule has 1 saturated carbocycles. The van der Waals surface area contributed by atoms with E-state index in [4.69, 9.17) is 0 Å². The number of nitrogens with one attached hydrogen (secondary N) is 2. The largest absolute Gasteiger partial charge is 0.357 e. The predicted molar refractivity (Wildman–Crippen MR) is 92.7 cm³/mol. The van der Waals surface area contributed by atoms with Crippen molar-refractivity contribution in [2.75, 3.05) is 19.6 Å². The molecule has 0 bridgehead atoms. The second kappa shape index (κ2) is 8.59. The number of benzene rings is 1.